The smallest absolute Gasteiger partial charge is 0.226 e. The third kappa shape index (κ3) is 3.39. The number of rotatable bonds is 5. The van der Waals surface area contributed by atoms with Gasteiger partial charge >= 0.3 is 0 Å². The van der Waals surface area contributed by atoms with Gasteiger partial charge in [-0.05, 0) is 30.3 Å². The predicted octanol–water partition coefficient (Wildman–Crippen LogP) is 5.03. The van der Waals surface area contributed by atoms with Gasteiger partial charge in [-0.25, -0.2) is 4.68 Å². The van der Waals surface area contributed by atoms with Crippen molar-refractivity contribution < 1.29 is 14.3 Å². The van der Waals surface area contributed by atoms with Crippen molar-refractivity contribution in [2.45, 2.75) is 12.3 Å². The molecule has 6 nitrogen and oxygen atoms in total. The van der Waals surface area contributed by atoms with E-state index in [0.717, 1.165) is 28.1 Å². The van der Waals surface area contributed by atoms with E-state index < -0.39 is 0 Å². The maximum absolute atomic E-state index is 12.9. The number of carbonyl (C=O) groups is 1. The van der Waals surface area contributed by atoms with Crippen LogP contribution in [0.15, 0.2) is 78.9 Å². The number of nitrogens with zero attached hydrogens (tertiary/aromatic N) is 2. The number of hydrogen-bond acceptors (Lipinski definition) is 4. The van der Waals surface area contributed by atoms with Gasteiger partial charge in [0, 0.05) is 29.0 Å². The van der Waals surface area contributed by atoms with Gasteiger partial charge in [0.05, 0.1) is 25.6 Å². The van der Waals surface area contributed by atoms with Crippen molar-refractivity contribution in [2.24, 2.45) is 0 Å². The number of benzene rings is 3. The zero-order valence-corrected chi connectivity index (χ0v) is 17.9. The summed E-state index contributed by atoms with van der Waals surface area (Å²) in [6.07, 6.45) is 0.289. The molecule has 0 saturated carbocycles. The van der Waals surface area contributed by atoms with Gasteiger partial charge in [0.1, 0.15) is 17.3 Å². The number of methoxy groups -OCH3 is 2. The molecule has 1 aromatic heterocycles. The van der Waals surface area contributed by atoms with E-state index in [1.165, 1.54) is 0 Å². The summed E-state index contributed by atoms with van der Waals surface area (Å²) in [5, 5.41) is 8.04. The molecule has 1 unspecified atom stereocenters. The number of nitrogens with one attached hydrogen (secondary N) is 1. The average Bonchev–Trinajstić information content (AvgIpc) is 3.23. The lowest BCUT2D eigenvalue weighted by molar-refractivity contribution is -0.116. The molecule has 0 aliphatic carbocycles. The Morgan fingerprint density at radius 2 is 1.66 bits per heavy atom. The Bertz CT molecular complexity index is 1270. The van der Waals surface area contributed by atoms with E-state index >= 15 is 0 Å². The maximum Gasteiger partial charge on any atom is 0.226 e. The van der Waals surface area contributed by atoms with Crippen LogP contribution in [0, 0.1) is 0 Å². The highest BCUT2D eigenvalue weighted by Gasteiger charge is 2.36. The van der Waals surface area contributed by atoms with Crippen molar-refractivity contribution >= 4 is 11.7 Å². The van der Waals surface area contributed by atoms with Crippen molar-refractivity contribution in [1.29, 1.82) is 0 Å². The summed E-state index contributed by atoms with van der Waals surface area (Å²) in [6.45, 7) is 0. The van der Waals surface area contributed by atoms with E-state index in [0.29, 0.717) is 17.3 Å². The second-order valence-electron chi connectivity index (χ2n) is 7.64. The van der Waals surface area contributed by atoms with Crippen LogP contribution in [0.4, 0.5) is 5.82 Å². The van der Waals surface area contributed by atoms with Gasteiger partial charge in [-0.15, -0.1) is 0 Å². The van der Waals surface area contributed by atoms with E-state index in [2.05, 4.69) is 5.32 Å². The molecule has 1 N–H and O–H groups in total. The molecule has 1 atom stereocenters. The molecule has 1 aliphatic heterocycles. The number of carbonyl (C=O) groups excluding carboxylic acids is 1. The highest BCUT2D eigenvalue weighted by molar-refractivity contribution is 5.97. The lowest BCUT2D eigenvalue weighted by Gasteiger charge is -2.26. The molecule has 0 fully saturated rings. The van der Waals surface area contributed by atoms with Crippen LogP contribution in [-0.2, 0) is 4.79 Å². The summed E-state index contributed by atoms with van der Waals surface area (Å²) >= 11 is 0. The Morgan fingerprint density at radius 1 is 0.938 bits per heavy atom. The van der Waals surface area contributed by atoms with Gasteiger partial charge in [0.15, 0.2) is 0 Å². The molecule has 5 rings (SSSR count). The minimum absolute atomic E-state index is 0.0657. The first-order chi connectivity index (χ1) is 15.7. The highest BCUT2D eigenvalue weighted by atomic mass is 16.5. The molecular weight excluding hydrogens is 402 g/mol. The molecule has 6 heteroatoms. The van der Waals surface area contributed by atoms with Crippen LogP contribution in [-0.4, -0.2) is 29.9 Å². The molecule has 2 heterocycles. The largest absolute Gasteiger partial charge is 0.497 e. The molecule has 0 saturated heterocycles. The predicted molar refractivity (Wildman–Crippen MR) is 124 cm³/mol. The van der Waals surface area contributed by atoms with Crippen molar-refractivity contribution in [3.05, 3.63) is 90.0 Å². The molecule has 1 aliphatic rings. The number of amides is 1. The summed E-state index contributed by atoms with van der Waals surface area (Å²) in [7, 11) is 3.27. The molecular formula is C26H23N3O3. The van der Waals surface area contributed by atoms with Crippen molar-refractivity contribution in [1.82, 2.24) is 9.78 Å². The summed E-state index contributed by atoms with van der Waals surface area (Å²) in [4.78, 5) is 12.9. The van der Waals surface area contributed by atoms with Crippen molar-refractivity contribution in [3.63, 3.8) is 0 Å². The normalized spacial score (nSPS) is 15.1. The van der Waals surface area contributed by atoms with Gasteiger partial charge in [0.2, 0.25) is 5.91 Å². The Balaban J connectivity index is 1.79. The standard InChI is InChI=1S/C26H23N3O3/c1-31-19-13-14-22(32-2)20(15-19)21-16-23(30)27-26-24(21)25(17-9-5-3-6-10-17)28-29(26)18-11-7-4-8-12-18/h3-15,21H,16H2,1-2H3,(H,27,30). The van der Waals surface area contributed by atoms with Gasteiger partial charge in [-0.1, -0.05) is 48.5 Å². The second kappa shape index (κ2) is 8.23. The van der Waals surface area contributed by atoms with Crippen LogP contribution in [0.2, 0.25) is 0 Å². The van der Waals surface area contributed by atoms with E-state index in [1.807, 2.05) is 83.5 Å². The summed E-state index contributed by atoms with van der Waals surface area (Å²) < 4.78 is 13.0. The third-order valence-corrected chi connectivity index (χ3v) is 5.78. The SMILES string of the molecule is COc1ccc(OC)c(C2CC(=O)Nc3c2c(-c2ccccc2)nn3-c2ccccc2)c1. The highest BCUT2D eigenvalue weighted by Crippen LogP contribution is 2.46. The number of fused-ring (bicyclic) bond motifs is 1. The first-order valence-electron chi connectivity index (χ1n) is 10.4. The Labute approximate surface area is 186 Å². The number of anilines is 1. The van der Waals surface area contributed by atoms with E-state index in [-0.39, 0.29) is 18.2 Å². The zero-order valence-electron chi connectivity index (χ0n) is 17.9. The van der Waals surface area contributed by atoms with Gasteiger partial charge in [-0.3, -0.25) is 4.79 Å². The summed E-state index contributed by atoms with van der Waals surface area (Å²) in [5.41, 5.74) is 4.56. The summed E-state index contributed by atoms with van der Waals surface area (Å²) in [5.74, 6) is 1.80. The Morgan fingerprint density at radius 3 is 2.34 bits per heavy atom. The Hall–Kier alpha value is -4.06. The van der Waals surface area contributed by atoms with Crippen LogP contribution in [0.5, 0.6) is 11.5 Å². The molecule has 160 valence electrons. The number of ether oxygens (including phenoxy) is 2. The number of hydrogen-bond donors (Lipinski definition) is 1. The lowest BCUT2D eigenvalue weighted by atomic mass is 9.83. The fraction of sp³-hybridized carbons (Fsp3) is 0.154. The topological polar surface area (TPSA) is 65.4 Å². The Kier molecular flexibility index (Phi) is 5.11. The minimum Gasteiger partial charge on any atom is -0.497 e. The molecule has 0 radical (unpaired) electrons. The number of para-hydroxylation sites is 1. The molecule has 1 amide bonds. The van der Waals surface area contributed by atoms with Crippen LogP contribution in [0.25, 0.3) is 16.9 Å². The molecule has 0 bridgehead atoms. The summed E-state index contributed by atoms with van der Waals surface area (Å²) in [6, 6.07) is 25.5. The van der Waals surface area contributed by atoms with E-state index in [9.17, 15) is 4.79 Å². The lowest BCUT2D eigenvalue weighted by Crippen LogP contribution is -2.25. The van der Waals surface area contributed by atoms with Crippen LogP contribution in [0.1, 0.15) is 23.5 Å². The van der Waals surface area contributed by atoms with Crippen LogP contribution < -0.4 is 14.8 Å². The minimum atomic E-state index is -0.239. The van der Waals surface area contributed by atoms with Gasteiger partial charge < -0.3 is 14.8 Å². The zero-order chi connectivity index (χ0) is 22.1. The average molecular weight is 425 g/mol. The number of aromatic nitrogens is 2. The molecule has 4 aromatic rings. The van der Waals surface area contributed by atoms with E-state index in [4.69, 9.17) is 14.6 Å². The molecule has 3 aromatic carbocycles. The quantitative estimate of drug-likeness (QED) is 0.487. The monoisotopic (exact) mass is 425 g/mol. The van der Waals surface area contributed by atoms with Gasteiger partial charge in [0.25, 0.3) is 0 Å². The van der Waals surface area contributed by atoms with Crippen molar-refractivity contribution in [2.75, 3.05) is 19.5 Å². The fourth-order valence-corrected chi connectivity index (χ4v) is 4.29. The van der Waals surface area contributed by atoms with E-state index in [1.54, 1.807) is 14.2 Å². The molecule has 32 heavy (non-hydrogen) atoms. The molecule has 0 spiro atoms. The first kappa shape index (κ1) is 19.9. The fourth-order valence-electron chi connectivity index (χ4n) is 4.29. The van der Waals surface area contributed by atoms with Gasteiger partial charge in [-0.2, -0.15) is 5.10 Å². The second-order valence-corrected chi connectivity index (χ2v) is 7.64. The maximum atomic E-state index is 12.9. The van der Waals surface area contributed by atoms with Crippen molar-refractivity contribution in [3.8, 4) is 28.4 Å². The van der Waals surface area contributed by atoms with Crippen LogP contribution >= 0.6 is 0 Å². The van der Waals surface area contributed by atoms with Crippen LogP contribution in [0.3, 0.4) is 0 Å². The first-order valence-corrected chi connectivity index (χ1v) is 10.4. The third-order valence-electron chi connectivity index (χ3n) is 5.78.